The molecule has 0 aromatic heterocycles. The number of carboxylic acid groups (broad SMARTS) is 1. The van der Waals surface area contributed by atoms with Gasteiger partial charge in [0.15, 0.2) is 0 Å². The van der Waals surface area contributed by atoms with Gasteiger partial charge in [0.1, 0.15) is 19.0 Å². The predicted molar refractivity (Wildman–Crippen MR) is 109 cm³/mol. The summed E-state index contributed by atoms with van der Waals surface area (Å²) in [6.07, 6.45) is 0. The van der Waals surface area contributed by atoms with Crippen LogP contribution < -0.4 is 10.1 Å². The van der Waals surface area contributed by atoms with Gasteiger partial charge in [-0.05, 0) is 73.8 Å². The first-order valence-corrected chi connectivity index (χ1v) is 8.94. The number of ether oxygens (including phenoxy) is 2. The van der Waals surface area contributed by atoms with E-state index in [2.05, 4.69) is 73.1 Å². The van der Waals surface area contributed by atoms with E-state index in [1.54, 1.807) is 0 Å². The summed E-state index contributed by atoms with van der Waals surface area (Å²) < 4.78 is 13.2. The van der Waals surface area contributed by atoms with Gasteiger partial charge < -0.3 is 19.9 Å². The summed E-state index contributed by atoms with van der Waals surface area (Å²) in [6.45, 7) is 1.52. The minimum Gasteiger partial charge on any atom is -0.489 e. The van der Waals surface area contributed by atoms with Gasteiger partial charge in [-0.3, -0.25) is 4.79 Å². The summed E-state index contributed by atoms with van der Waals surface area (Å²) in [6, 6.07) is 1.90. The minimum atomic E-state index is -1.01. The van der Waals surface area contributed by atoms with Crippen molar-refractivity contribution in [1.82, 2.24) is 0 Å². The summed E-state index contributed by atoms with van der Waals surface area (Å²) in [4.78, 5) is 21.6. The Hall–Kier alpha value is 1.11. The monoisotopic (exact) mass is 654 g/mol. The maximum atomic E-state index is 11.2. The number of carbonyl (C=O) groups excluding carboxylic acids is 1. The molecule has 10 heteroatoms. The number of halogens is 3. The topological polar surface area (TPSA) is 84.9 Å². The Morgan fingerprint density at radius 1 is 1.23 bits per heavy atom. The maximum absolute atomic E-state index is 11.2. The number of anilines is 1. The molecule has 6 nitrogen and oxygen atoms in total. The molecule has 0 unspecified atom stereocenters. The molecule has 0 bridgehead atoms. The molecular formula is C12H12I3NNaO5. The Kier molecular flexibility index (Phi) is 12.2. The maximum Gasteiger partial charge on any atom is 0.329 e. The fourth-order valence-electron chi connectivity index (χ4n) is 1.36. The molecule has 0 saturated heterocycles. The Balaban J connectivity index is 0.00000441. The van der Waals surface area contributed by atoms with Crippen molar-refractivity contribution in [1.29, 1.82) is 0 Å². The van der Waals surface area contributed by atoms with E-state index < -0.39 is 5.97 Å². The molecule has 117 valence electrons. The second-order valence-electron chi connectivity index (χ2n) is 3.83. The van der Waals surface area contributed by atoms with Crippen LogP contribution in [0.1, 0.15) is 6.92 Å². The van der Waals surface area contributed by atoms with Gasteiger partial charge in [0.2, 0.25) is 5.91 Å². The number of hydrogen-bond donors (Lipinski definition) is 2. The first-order chi connectivity index (χ1) is 9.82. The number of hydrogen-bond acceptors (Lipinski definition) is 4. The number of aliphatic carboxylic acids is 1. The molecule has 0 aliphatic heterocycles. The molecule has 1 aromatic carbocycles. The van der Waals surface area contributed by atoms with Crippen LogP contribution in [0.15, 0.2) is 6.07 Å². The Labute approximate surface area is 191 Å². The predicted octanol–water partition coefficient (Wildman–Crippen LogP) is 2.56. The number of benzene rings is 1. The van der Waals surface area contributed by atoms with E-state index in [1.807, 2.05) is 6.07 Å². The van der Waals surface area contributed by atoms with Crippen molar-refractivity contribution < 1.29 is 24.2 Å². The van der Waals surface area contributed by atoms with Crippen molar-refractivity contribution in [3.8, 4) is 5.75 Å². The average molecular weight is 654 g/mol. The van der Waals surface area contributed by atoms with Crippen LogP contribution in [0, 0.1) is 10.7 Å². The second kappa shape index (κ2) is 11.6. The summed E-state index contributed by atoms with van der Waals surface area (Å²) in [5.74, 6) is -0.511. The van der Waals surface area contributed by atoms with E-state index >= 15 is 0 Å². The van der Waals surface area contributed by atoms with Crippen molar-refractivity contribution in [2.24, 2.45) is 0 Å². The Bertz CT molecular complexity index is 556. The fourth-order valence-corrected chi connectivity index (χ4v) is 5.31. The molecule has 0 aliphatic carbocycles. The van der Waals surface area contributed by atoms with E-state index in [1.165, 1.54) is 6.92 Å². The zero-order valence-electron chi connectivity index (χ0n) is 11.9. The van der Waals surface area contributed by atoms with Crippen molar-refractivity contribution in [3.63, 3.8) is 0 Å². The SMILES string of the molecule is CC(=O)Nc1c(I)cc(I)c(OCCOCC(=O)O)c1I.[Na]. The summed E-state index contributed by atoms with van der Waals surface area (Å²) in [7, 11) is 0. The van der Waals surface area contributed by atoms with Crippen LogP contribution in [0.2, 0.25) is 0 Å². The fraction of sp³-hybridized carbons (Fsp3) is 0.333. The van der Waals surface area contributed by atoms with Gasteiger partial charge in [-0.2, -0.15) is 0 Å². The molecule has 1 rings (SSSR count). The van der Waals surface area contributed by atoms with E-state index in [0.717, 1.165) is 10.7 Å². The number of carbonyl (C=O) groups is 2. The molecule has 2 N–H and O–H groups in total. The molecule has 22 heavy (non-hydrogen) atoms. The van der Waals surface area contributed by atoms with E-state index in [4.69, 9.17) is 14.6 Å². The van der Waals surface area contributed by atoms with Crippen LogP contribution >= 0.6 is 67.8 Å². The molecule has 0 heterocycles. The van der Waals surface area contributed by atoms with Gasteiger partial charge in [0.25, 0.3) is 0 Å². The molecular weight excluding hydrogens is 642 g/mol. The molecule has 1 radical (unpaired) electrons. The van der Waals surface area contributed by atoms with Crippen LogP contribution in [0.5, 0.6) is 5.75 Å². The van der Waals surface area contributed by atoms with Crippen LogP contribution in [0.25, 0.3) is 0 Å². The second-order valence-corrected chi connectivity index (χ2v) is 7.24. The van der Waals surface area contributed by atoms with E-state index in [0.29, 0.717) is 11.4 Å². The molecule has 0 atom stereocenters. The summed E-state index contributed by atoms with van der Waals surface area (Å²) in [5, 5.41) is 11.2. The molecule has 0 fully saturated rings. The smallest absolute Gasteiger partial charge is 0.329 e. The number of carboxylic acids is 1. The van der Waals surface area contributed by atoms with Gasteiger partial charge in [-0.25, -0.2) is 4.79 Å². The van der Waals surface area contributed by atoms with E-state index in [-0.39, 0.29) is 55.3 Å². The van der Waals surface area contributed by atoms with Crippen LogP contribution in [0.3, 0.4) is 0 Å². The zero-order valence-corrected chi connectivity index (χ0v) is 20.4. The number of amides is 1. The van der Waals surface area contributed by atoms with Gasteiger partial charge in [-0.15, -0.1) is 0 Å². The first kappa shape index (κ1) is 23.1. The zero-order chi connectivity index (χ0) is 16.0. The van der Waals surface area contributed by atoms with Gasteiger partial charge in [0.05, 0.1) is 19.4 Å². The first-order valence-electron chi connectivity index (χ1n) is 5.70. The third-order valence-corrected chi connectivity index (χ3v) is 4.81. The summed E-state index contributed by atoms with van der Waals surface area (Å²) in [5.41, 5.74) is 0.713. The Morgan fingerprint density at radius 2 is 1.86 bits per heavy atom. The van der Waals surface area contributed by atoms with Gasteiger partial charge in [0, 0.05) is 40.1 Å². The molecule has 0 saturated carbocycles. The standard InChI is InChI=1S/C12H12I3NO5.Na/c1-6(17)16-11-7(13)4-8(14)12(10(11)15)21-3-2-20-5-9(18)19;/h4H,2-3,5H2,1H3,(H,16,17)(H,18,19);. The molecule has 1 amide bonds. The number of rotatable bonds is 7. The largest absolute Gasteiger partial charge is 0.489 e. The minimum absolute atomic E-state index is 0. The molecule has 0 spiro atoms. The third-order valence-electron chi connectivity index (χ3n) is 2.13. The number of nitrogens with one attached hydrogen (secondary N) is 1. The van der Waals surface area contributed by atoms with Crippen molar-refractivity contribution >= 4 is 115 Å². The normalized spacial score (nSPS) is 9.82. The van der Waals surface area contributed by atoms with Crippen LogP contribution in [-0.2, 0) is 14.3 Å². The third kappa shape index (κ3) is 7.79. The van der Waals surface area contributed by atoms with E-state index in [9.17, 15) is 9.59 Å². The van der Waals surface area contributed by atoms with Crippen molar-refractivity contribution in [2.75, 3.05) is 25.1 Å². The van der Waals surface area contributed by atoms with Gasteiger partial charge in [-0.1, -0.05) is 0 Å². The molecule has 0 aliphatic rings. The van der Waals surface area contributed by atoms with Crippen molar-refractivity contribution in [3.05, 3.63) is 16.8 Å². The summed E-state index contributed by atoms with van der Waals surface area (Å²) >= 11 is 6.41. The van der Waals surface area contributed by atoms with Gasteiger partial charge >= 0.3 is 5.97 Å². The molecule has 1 aromatic rings. The van der Waals surface area contributed by atoms with Crippen LogP contribution in [0.4, 0.5) is 5.69 Å². The Morgan fingerprint density at radius 3 is 2.41 bits per heavy atom. The quantitative estimate of drug-likeness (QED) is 0.269. The van der Waals surface area contributed by atoms with Crippen LogP contribution in [-0.4, -0.2) is 66.4 Å². The van der Waals surface area contributed by atoms with Crippen molar-refractivity contribution in [2.45, 2.75) is 6.92 Å². The average Bonchev–Trinajstić information content (AvgIpc) is 2.37.